The standard InChI is InChI=1S/C23H22N2O4/c26-16-20(27)18-7-5-17(6-8-18)15-25-12-9-19(14-22(25)28)23(10-3-13-29-23)21-4-1-2-11-24-21/h1-2,4-9,11-12,14,26H,3,10,13,15-16H2. The summed E-state index contributed by atoms with van der Waals surface area (Å²) in [7, 11) is 0. The molecule has 3 aromatic rings. The van der Waals surface area contributed by atoms with Gasteiger partial charge >= 0.3 is 0 Å². The van der Waals surface area contributed by atoms with Crippen molar-refractivity contribution < 1.29 is 14.6 Å². The molecule has 148 valence electrons. The highest BCUT2D eigenvalue weighted by molar-refractivity contribution is 5.96. The van der Waals surface area contributed by atoms with Gasteiger partial charge < -0.3 is 14.4 Å². The number of Topliss-reactive ketones (excluding diaryl/α,β-unsaturated/α-hetero) is 1. The van der Waals surface area contributed by atoms with Crippen molar-refractivity contribution >= 4 is 5.78 Å². The predicted octanol–water partition coefficient (Wildman–Crippen LogP) is 2.52. The van der Waals surface area contributed by atoms with Crippen LogP contribution in [0.1, 0.15) is 40.0 Å². The zero-order valence-corrected chi connectivity index (χ0v) is 16.0. The molecule has 1 fully saturated rings. The molecule has 4 rings (SSSR count). The summed E-state index contributed by atoms with van der Waals surface area (Å²) >= 11 is 0. The van der Waals surface area contributed by atoms with Crippen LogP contribution in [0.15, 0.2) is 71.8 Å². The number of hydrogen-bond donors (Lipinski definition) is 1. The SMILES string of the molecule is O=C(CO)c1ccc(Cn2ccc(C3(c4ccccn4)CCCO3)cc2=O)cc1. The summed E-state index contributed by atoms with van der Waals surface area (Å²) in [5.41, 5.74) is 2.19. The fourth-order valence-corrected chi connectivity index (χ4v) is 3.79. The molecule has 1 aromatic carbocycles. The van der Waals surface area contributed by atoms with Gasteiger partial charge in [-0.2, -0.15) is 0 Å². The molecule has 1 unspecified atom stereocenters. The summed E-state index contributed by atoms with van der Waals surface area (Å²) < 4.78 is 7.73. The van der Waals surface area contributed by atoms with Crippen molar-refractivity contribution in [2.75, 3.05) is 13.2 Å². The number of rotatable bonds is 6. The lowest BCUT2D eigenvalue weighted by atomic mass is 9.87. The number of pyridine rings is 2. The van der Waals surface area contributed by atoms with Gasteiger partial charge in [0.2, 0.25) is 0 Å². The summed E-state index contributed by atoms with van der Waals surface area (Å²) in [6, 6.07) is 16.2. The van der Waals surface area contributed by atoms with Gasteiger partial charge in [0.1, 0.15) is 12.2 Å². The molecule has 29 heavy (non-hydrogen) atoms. The van der Waals surface area contributed by atoms with E-state index < -0.39 is 12.2 Å². The second-order valence-electron chi connectivity index (χ2n) is 7.15. The van der Waals surface area contributed by atoms with Gasteiger partial charge in [-0.1, -0.05) is 30.3 Å². The fraction of sp³-hybridized carbons (Fsp3) is 0.261. The third-order valence-electron chi connectivity index (χ3n) is 5.34. The van der Waals surface area contributed by atoms with E-state index in [1.807, 2.05) is 24.3 Å². The van der Waals surface area contributed by atoms with Gasteiger partial charge in [0.15, 0.2) is 5.78 Å². The Hall–Kier alpha value is -3.09. The van der Waals surface area contributed by atoms with Crippen LogP contribution in [-0.4, -0.2) is 33.7 Å². The monoisotopic (exact) mass is 390 g/mol. The Morgan fingerprint density at radius 2 is 2.00 bits per heavy atom. The van der Waals surface area contributed by atoms with E-state index in [1.54, 1.807) is 47.3 Å². The number of carbonyl (C=O) groups is 1. The number of ketones is 1. The molecule has 1 N–H and O–H groups in total. The summed E-state index contributed by atoms with van der Waals surface area (Å²) in [5.74, 6) is -0.325. The highest BCUT2D eigenvalue weighted by atomic mass is 16.5. The lowest BCUT2D eigenvalue weighted by molar-refractivity contribution is 0.0322. The van der Waals surface area contributed by atoms with Crippen LogP contribution in [-0.2, 0) is 16.9 Å². The van der Waals surface area contributed by atoms with Crippen LogP contribution >= 0.6 is 0 Å². The molecule has 0 spiro atoms. The third kappa shape index (κ3) is 3.77. The Morgan fingerprint density at radius 3 is 2.62 bits per heavy atom. The highest BCUT2D eigenvalue weighted by Gasteiger charge is 2.40. The maximum atomic E-state index is 12.8. The number of hydrogen-bond acceptors (Lipinski definition) is 5. The summed E-state index contributed by atoms with van der Waals surface area (Å²) in [4.78, 5) is 28.8. The van der Waals surface area contributed by atoms with Gasteiger partial charge in [-0.3, -0.25) is 14.6 Å². The van der Waals surface area contributed by atoms with E-state index in [1.165, 1.54) is 0 Å². The normalized spacial score (nSPS) is 18.7. The second-order valence-corrected chi connectivity index (χ2v) is 7.15. The van der Waals surface area contributed by atoms with Gasteiger partial charge in [0.25, 0.3) is 5.56 Å². The number of carbonyl (C=O) groups excluding carboxylic acids is 1. The number of aliphatic hydroxyl groups excluding tert-OH is 1. The number of ether oxygens (including phenoxy) is 1. The molecule has 0 radical (unpaired) electrons. The van der Waals surface area contributed by atoms with E-state index in [9.17, 15) is 9.59 Å². The lowest BCUT2D eigenvalue weighted by Gasteiger charge is -2.28. The molecule has 1 saturated heterocycles. The van der Waals surface area contributed by atoms with Crippen molar-refractivity contribution in [3.05, 3.63) is 99.7 Å². The average Bonchev–Trinajstić information content (AvgIpc) is 3.27. The molecule has 3 heterocycles. The molecule has 1 aliphatic heterocycles. The Labute approximate surface area is 168 Å². The largest absolute Gasteiger partial charge is 0.388 e. The number of benzene rings is 1. The van der Waals surface area contributed by atoms with Crippen LogP contribution in [0.2, 0.25) is 0 Å². The van der Waals surface area contributed by atoms with E-state index in [-0.39, 0.29) is 11.3 Å². The van der Waals surface area contributed by atoms with E-state index in [0.29, 0.717) is 18.7 Å². The molecule has 2 aromatic heterocycles. The van der Waals surface area contributed by atoms with Crippen LogP contribution in [0.25, 0.3) is 0 Å². The molecule has 1 atom stereocenters. The Morgan fingerprint density at radius 1 is 1.17 bits per heavy atom. The molecular formula is C23H22N2O4. The maximum absolute atomic E-state index is 12.8. The van der Waals surface area contributed by atoms with E-state index in [4.69, 9.17) is 9.84 Å². The molecule has 0 amide bonds. The average molecular weight is 390 g/mol. The van der Waals surface area contributed by atoms with Crippen LogP contribution < -0.4 is 5.56 Å². The minimum atomic E-state index is -0.675. The Bertz CT molecular complexity index is 1050. The summed E-state index contributed by atoms with van der Waals surface area (Å²) in [5, 5.41) is 8.94. The number of aliphatic hydroxyl groups is 1. The van der Waals surface area contributed by atoms with E-state index in [2.05, 4.69) is 4.98 Å². The lowest BCUT2D eigenvalue weighted by Crippen LogP contribution is -2.31. The first kappa shape index (κ1) is 19.2. The molecule has 6 heteroatoms. The van der Waals surface area contributed by atoms with E-state index >= 15 is 0 Å². The quantitative estimate of drug-likeness (QED) is 0.654. The fourth-order valence-electron chi connectivity index (χ4n) is 3.79. The Balaban J connectivity index is 1.61. The van der Waals surface area contributed by atoms with Crippen molar-refractivity contribution in [2.24, 2.45) is 0 Å². The van der Waals surface area contributed by atoms with Gasteiger partial charge in [0.05, 0.1) is 12.2 Å². The Kier molecular flexibility index (Phi) is 5.38. The molecule has 0 bridgehead atoms. The molecule has 6 nitrogen and oxygen atoms in total. The highest BCUT2D eigenvalue weighted by Crippen LogP contribution is 2.40. The van der Waals surface area contributed by atoms with Crippen molar-refractivity contribution in [1.82, 2.24) is 9.55 Å². The summed E-state index contributed by atoms with van der Waals surface area (Å²) in [6.07, 6.45) is 5.22. The molecule has 1 aliphatic rings. The summed E-state index contributed by atoms with van der Waals surface area (Å²) in [6.45, 7) is 0.517. The first-order valence-electron chi connectivity index (χ1n) is 9.62. The maximum Gasteiger partial charge on any atom is 0.251 e. The third-order valence-corrected chi connectivity index (χ3v) is 5.34. The predicted molar refractivity (Wildman–Crippen MR) is 108 cm³/mol. The van der Waals surface area contributed by atoms with Crippen LogP contribution in [0.3, 0.4) is 0 Å². The van der Waals surface area contributed by atoms with Gasteiger partial charge in [-0.15, -0.1) is 0 Å². The van der Waals surface area contributed by atoms with Gasteiger partial charge in [0, 0.05) is 30.6 Å². The number of nitrogens with zero attached hydrogens (tertiary/aromatic N) is 2. The minimum Gasteiger partial charge on any atom is -0.388 e. The van der Waals surface area contributed by atoms with Gasteiger partial charge in [-0.05, 0) is 42.2 Å². The van der Waals surface area contributed by atoms with Crippen molar-refractivity contribution in [3.8, 4) is 0 Å². The zero-order chi connectivity index (χ0) is 20.3. The smallest absolute Gasteiger partial charge is 0.251 e. The van der Waals surface area contributed by atoms with E-state index in [0.717, 1.165) is 29.7 Å². The first-order valence-corrected chi connectivity index (χ1v) is 9.62. The number of aromatic nitrogens is 2. The van der Waals surface area contributed by atoms with Crippen molar-refractivity contribution in [3.63, 3.8) is 0 Å². The first-order chi connectivity index (χ1) is 14.1. The molecule has 0 aliphatic carbocycles. The van der Waals surface area contributed by atoms with Crippen molar-refractivity contribution in [1.29, 1.82) is 0 Å². The van der Waals surface area contributed by atoms with Crippen LogP contribution in [0, 0.1) is 0 Å². The zero-order valence-electron chi connectivity index (χ0n) is 16.0. The molecular weight excluding hydrogens is 368 g/mol. The van der Waals surface area contributed by atoms with Gasteiger partial charge in [-0.25, -0.2) is 0 Å². The van der Waals surface area contributed by atoms with Crippen molar-refractivity contribution in [2.45, 2.75) is 25.0 Å². The molecule has 0 saturated carbocycles. The second kappa shape index (κ2) is 8.11. The topological polar surface area (TPSA) is 81.4 Å². The minimum absolute atomic E-state index is 0.121. The van der Waals surface area contributed by atoms with Crippen LogP contribution in [0.4, 0.5) is 0 Å². The van der Waals surface area contributed by atoms with Crippen LogP contribution in [0.5, 0.6) is 0 Å².